The Kier molecular flexibility index (Phi) is 4.03. The number of rotatable bonds is 4. The molecule has 0 saturated carbocycles. The molecule has 26 heavy (non-hydrogen) atoms. The molecule has 4 heteroatoms. The summed E-state index contributed by atoms with van der Waals surface area (Å²) in [6.07, 6.45) is 2.00. The third-order valence-electron chi connectivity index (χ3n) is 5.02. The topological polar surface area (TPSA) is 58.0 Å². The van der Waals surface area contributed by atoms with Crippen LogP contribution in [-0.2, 0) is 17.8 Å². The summed E-state index contributed by atoms with van der Waals surface area (Å²) < 4.78 is 5.57. The van der Waals surface area contributed by atoms with Crippen molar-refractivity contribution in [3.63, 3.8) is 0 Å². The number of hydrogen-bond acceptors (Lipinski definition) is 2. The van der Waals surface area contributed by atoms with E-state index in [-0.39, 0.29) is 5.91 Å². The van der Waals surface area contributed by atoms with Gasteiger partial charge in [0, 0.05) is 34.1 Å². The number of aryl methyl sites for hydroxylation is 3. The first-order chi connectivity index (χ1) is 12.5. The molecule has 2 N–H and O–H groups in total. The predicted octanol–water partition coefficient (Wildman–Crippen LogP) is 4.70. The molecule has 0 aliphatic carbocycles. The molecule has 2 aromatic heterocycles. The van der Waals surface area contributed by atoms with Crippen molar-refractivity contribution in [1.29, 1.82) is 0 Å². The molecule has 0 unspecified atom stereocenters. The molecule has 4 rings (SSSR count). The van der Waals surface area contributed by atoms with Crippen LogP contribution in [0.2, 0.25) is 0 Å². The molecule has 0 aliphatic rings. The number of carbonyl (C=O) groups is 1. The number of H-pyrrole nitrogens is 1. The van der Waals surface area contributed by atoms with E-state index in [1.165, 1.54) is 16.6 Å². The van der Waals surface area contributed by atoms with Crippen LogP contribution in [0.1, 0.15) is 27.9 Å². The minimum Gasteiger partial charge on any atom is -0.464 e. The summed E-state index contributed by atoms with van der Waals surface area (Å²) >= 11 is 0. The molecule has 0 atom stereocenters. The fourth-order valence-electron chi connectivity index (χ4n) is 3.38. The molecule has 1 amide bonds. The van der Waals surface area contributed by atoms with E-state index in [1.807, 2.05) is 31.2 Å². The van der Waals surface area contributed by atoms with Crippen LogP contribution in [-0.4, -0.2) is 10.9 Å². The molecular formula is C22H22N2O2. The third-order valence-corrected chi connectivity index (χ3v) is 5.02. The highest BCUT2D eigenvalue weighted by Gasteiger charge is 2.11. The number of aromatic nitrogens is 1. The monoisotopic (exact) mass is 346 g/mol. The van der Waals surface area contributed by atoms with E-state index in [0.29, 0.717) is 13.0 Å². The van der Waals surface area contributed by atoms with Crippen molar-refractivity contribution in [2.24, 2.45) is 0 Å². The number of furan rings is 1. The summed E-state index contributed by atoms with van der Waals surface area (Å²) in [5.74, 6) is -0.00431. The standard InChI is InChI=1S/C22H22N2O2/c1-13-4-6-18-17(12-26-21(18)8-13)10-22(25)23-11-16-5-7-20-19(9-16)14(2)15(3)24-20/h4-9,12,24H,10-11H2,1-3H3,(H,23,25). The lowest BCUT2D eigenvalue weighted by Gasteiger charge is -2.06. The molecule has 0 spiro atoms. The van der Waals surface area contributed by atoms with Crippen molar-refractivity contribution in [1.82, 2.24) is 10.3 Å². The average Bonchev–Trinajstić information content (AvgIpc) is 3.14. The Balaban J connectivity index is 1.46. The molecule has 0 fully saturated rings. The second-order valence-electron chi connectivity index (χ2n) is 6.97. The molecule has 4 aromatic rings. The summed E-state index contributed by atoms with van der Waals surface area (Å²) in [6.45, 7) is 6.74. The Morgan fingerprint density at radius 1 is 1.08 bits per heavy atom. The third kappa shape index (κ3) is 2.99. The van der Waals surface area contributed by atoms with E-state index in [1.54, 1.807) is 6.26 Å². The second kappa shape index (κ2) is 6.37. The summed E-state index contributed by atoms with van der Waals surface area (Å²) in [5, 5.41) is 5.23. The van der Waals surface area contributed by atoms with Crippen molar-refractivity contribution in [2.75, 3.05) is 0 Å². The largest absolute Gasteiger partial charge is 0.464 e. The first-order valence-corrected chi connectivity index (χ1v) is 8.82. The zero-order valence-electron chi connectivity index (χ0n) is 15.3. The molecule has 2 heterocycles. The van der Waals surface area contributed by atoms with Gasteiger partial charge in [-0.25, -0.2) is 0 Å². The van der Waals surface area contributed by atoms with Gasteiger partial charge < -0.3 is 14.7 Å². The molecule has 2 aromatic carbocycles. The summed E-state index contributed by atoms with van der Waals surface area (Å²) in [5.41, 5.74) is 7.57. The van der Waals surface area contributed by atoms with Crippen LogP contribution in [0.4, 0.5) is 0 Å². The van der Waals surface area contributed by atoms with Gasteiger partial charge in [-0.1, -0.05) is 18.2 Å². The molecule has 0 aliphatic heterocycles. The van der Waals surface area contributed by atoms with Gasteiger partial charge in [-0.15, -0.1) is 0 Å². The van der Waals surface area contributed by atoms with Gasteiger partial charge in [0.25, 0.3) is 0 Å². The Morgan fingerprint density at radius 2 is 1.92 bits per heavy atom. The summed E-state index contributed by atoms with van der Waals surface area (Å²) in [4.78, 5) is 15.7. The maximum absolute atomic E-state index is 12.4. The first-order valence-electron chi connectivity index (χ1n) is 8.82. The Labute approximate surface area is 152 Å². The van der Waals surface area contributed by atoms with Gasteiger partial charge in [-0.3, -0.25) is 4.79 Å². The smallest absolute Gasteiger partial charge is 0.224 e. The molecular weight excluding hydrogens is 324 g/mol. The maximum atomic E-state index is 12.4. The summed E-state index contributed by atoms with van der Waals surface area (Å²) in [6, 6.07) is 12.3. The van der Waals surface area contributed by atoms with Crippen LogP contribution in [0.15, 0.2) is 47.1 Å². The number of nitrogens with one attached hydrogen (secondary N) is 2. The fraction of sp³-hybridized carbons (Fsp3) is 0.227. The highest BCUT2D eigenvalue weighted by atomic mass is 16.3. The van der Waals surface area contributed by atoms with Crippen LogP contribution < -0.4 is 5.32 Å². The van der Waals surface area contributed by atoms with Crippen molar-refractivity contribution in [2.45, 2.75) is 33.7 Å². The normalized spacial score (nSPS) is 11.3. The van der Waals surface area contributed by atoms with Crippen molar-refractivity contribution < 1.29 is 9.21 Å². The number of amides is 1. The van der Waals surface area contributed by atoms with Gasteiger partial charge in [0.1, 0.15) is 5.58 Å². The summed E-state index contributed by atoms with van der Waals surface area (Å²) in [7, 11) is 0. The molecule has 0 radical (unpaired) electrons. The van der Waals surface area contributed by atoms with Crippen LogP contribution >= 0.6 is 0 Å². The van der Waals surface area contributed by atoms with E-state index < -0.39 is 0 Å². The predicted molar refractivity (Wildman–Crippen MR) is 104 cm³/mol. The quantitative estimate of drug-likeness (QED) is 0.563. The molecule has 4 nitrogen and oxygen atoms in total. The lowest BCUT2D eigenvalue weighted by atomic mass is 10.1. The van der Waals surface area contributed by atoms with Crippen LogP contribution in [0, 0.1) is 20.8 Å². The first kappa shape index (κ1) is 16.5. The van der Waals surface area contributed by atoms with Gasteiger partial charge in [0.15, 0.2) is 0 Å². The zero-order chi connectivity index (χ0) is 18.3. The van der Waals surface area contributed by atoms with E-state index in [0.717, 1.165) is 33.2 Å². The number of carbonyl (C=O) groups excluding carboxylic acids is 1. The second-order valence-corrected chi connectivity index (χ2v) is 6.97. The van der Waals surface area contributed by atoms with E-state index in [4.69, 9.17) is 4.42 Å². The molecule has 0 saturated heterocycles. The molecule has 0 bridgehead atoms. The number of fused-ring (bicyclic) bond motifs is 2. The van der Waals surface area contributed by atoms with Crippen LogP contribution in [0.25, 0.3) is 21.9 Å². The average molecular weight is 346 g/mol. The zero-order valence-corrected chi connectivity index (χ0v) is 15.3. The van der Waals surface area contributed by atoms with E-state index in [9.17, 15) is 4.79 Å². The van der Waals surface area contributed by atoms with Gasteiger partial charge in [-0.2, -0.15) is 0 Å². The maximum Gasteiger partial charge on any atom is 0.224 e. The molecule has 132 valence electrons. The SMILES string of the molecule is Cc1ccc2c(CC(=O)NCc3ccc4[nH]c(C)c(C)c4c3)coc2c1. The van der Waals surface area contributed by atoms with Gasteiger partial charge in [0.2, 0.25) is 5.91 Å². The van der Waals surface area contributed by atoms with Crippen LogP contribution in [0.3, 0.4) is 0 Å². The number of benzene rings is 2. The van der Waals surface area contributed by atoms with Gasteiger partial charge in [0.05, 0.1) is 12.7 Å². The Hall–Kier alpha value is -3.01. The van der Waals surface area contributed by atoms with Gasteiger partial charge >= 0.3 is 0 Å². The fourth-order valence-corrected chi connectivity index (χ4v) is 3.38. The van der Waals surface area contributed by atoms with E-state index >= 15 is 0 Å². The highest BCUT2D eigenvalue weighted by Crippen LogP contribution is 2.24. The van der Waals surface area contributed by atoms with Crippen LogP contribution in [0.5, 0.6) is 0 Å². The van der Waals surface area contributed by atoms with Crippen molar-refractivity contribution in [3.05, 3.63) is 70.6 Å². The van der Waals surface area contributed by atoms with E-state index in [2.05, 4.69) is 36.3 Å². The van der Waals surface area contributed by atoms with Gasteiger partial charge in [-0.05, 0) is 55.7 Å². The highest BCUT2D eigenvalue weighted by molar-refractivity contribution is 5.88. The lowest BCUT2D eigenvalue weighted by molar-refractivity contribution is -0.120. The number of hydrogen-bond donors (Lipinski definition) is 2. The van der Waals surface area contributed by atoms with Crippen molar-refractivity contribution >= 4 is 27.8 Å². The Morgan fingerprint density at radius 3 is 2.77 bits per heavy atom. The number of aromatic amines is 1. The lowest BCUT2D eigenvalue weighted by Crippen LogP contribution is -2.24. The minimum absolute atomic E-state index is 0.00431. The Bertz CT molecular complexity index is 1120. The minimum atomic E-state index is -0.00431. The van der Waals surface area contributed by atoms with Crippen molar-refractivity contribution in [3.8, 4) is 0 Å².